The molecule has 39 heavy (non-hydrogen) atoms. The lowest BCUT2D eigenvalue weighted by Crippen LogP contribution is -2.32. The summed E-state index contributed by atoms with van der Waals surface area (Å²) in [6.45, 7) is 2.32. The van der Waals surface area contributed by atoms with Gasteiger partial charge in [0.05, 0.1) is 16.8 Å². The molecule has 0 radical (unpaired) electrons. The van der Waals surface area contributed by atoms with Gasteiger partial charge in [-0.25, -0.2) is 9.78 Å². The molecule has 2 fully saturated rings. The van der Waals surface area contributed by atoms with Gasteiger partial charge in [-0.15, -0.1) is 24.8 Å². The highest BCUT2D eigenvalue weighted by Crippen LogP contribution is 2.59. The summed E-state index contributed by atoms with van der Waals surface area (Å²) in [7, 11) is 0. The molecule has 0 bridgehead atoms. The minimum atomic E-state index is -4.68. The van der Waals surface area contributed by atoms with Crippen LogP contribution >= 0.6 is 24.8 Å². The van der Waals surface area contributed by atoms with E-state index in [-0.39, 0.29) is 48.0 Å². The molecule has 5 rings (SSSR count). The van der Waals surface area contributed by atoms with Gasteiger partial charge in [0, 0.05) is 31.2 Å². The number of pyridine rings is 1. The molecule has 1 aliphatic heterocycles. The second kappa shape index (κ2) is 11.0. The van der Waals surface area contributed by atoms with E-state index in [0.29, 0.717) is 25.4 Å². The smallest absolute Gasteiger partial charge is 0.302 e. The number of piperidine rings is 1. The number of benzene rings is 1. The van der Waals surface area contributed by atoms with Gasteiger partial charge in [-0.1, -0.05) is 18.2 Å². The molecule has 1 saturated heterocycles. The minimum absolute atomic E-state index is 0. The number of aromatic nitrogens is 3. The zero-order valence-corrected chi connectivity index (χ0v) is 21.8. The molecule has 1 aliphatic carbocycles. The third-order valence-corrected chi connectivity index (χ3v) is 7.20. The van der Waals surface area contributed by atoms with E-state index in [1.165, 1.54) is 16.8 Å². The number of nitrogens with one attached hydrogen (secondary N) is 1. The number of hydrogen-bond acceptors (Lipinski definition) is 4. The number of alkyl halides is 6. The number of aromatic amines is 1. The van der Waals surface area contributed by atoms with Gasteiger partial charge in [0.15, 0.2) is 0 Å². The lowest BCUT2D eigenvalue weighted by molar-refractivity contribution is -0.141. The molecular formula is C25H24Cl2F6N4O2. The van der Waals surface area contributed by atoms with Crippen LogP contribution in [-0.4, -0.2) is 39.1 Å². The maximum atomic E-state index is 13.0. The summed E-state index contributed by atoms with van der Waals surface area (Å²) >= 11 is 0. The van der Waals surface area contributed by atoms with E-state index in [1.807, 2.05) is 0 Å². The van der Waals surface area contributed by atoms with E-state index >= 15 is 0 Å². The van der Waals surface area contributed by atoms with E-state index in [1.54, 1.807) is 12.1 Å². The summed E-state index contributed by atoms with van der Waals surface area (Å²) < 4.78 is 78.9. The Morgan fingerprint density at radius 2 is 1.64 bits per heavy atom. The Morgan fingerprint density at radius 1 is 0.949 bits per heavy atom. The highest BCUT2D eigenvalue weighted by atomic mass is 35.5. The van der Waals surface area contributed by atoms with Crippen molar-refractivity contribution in [2.45, 2.75) is 37.2 Å². The van der Waals surface area contributed by atoms with Gasteiger partial charge in [0.2, 0.25) is 0 Å². The lowest BCUT2D eigenvalue weighted by atomic mass is 9.94. The van der Waals surface area contributed by atoms with Gasteiger partial charge in [-0.3, -0.25) is 14.3 Å². The first-order valence-electron chi connectivity index (χ1n) is 11.7. The molecule has 0 amide bonds. The molecule has 1 aromatic carbocycles. The van der Waals surface area contributed by atoms with Crippen molar-refractivity contribution in [2.24, 2.45) is 5.92 Å². The van der Waals surface area contributed by atoms with E-state index in [4.69, 9.17) is 0 Å². The third kappa shape index (κ3) is 6.17. The molecule has 212 valence electrons. The molecule has 14 heteroatoms. The second-order valence-electron chi connectivity index (χ2n) is 9.62. The van der Waals surface area contributed by atoms with E-state index in [9.17, 15) is 35.9 Å². The van der Waals surface area contributed by atoms with Crippen LogP contribution in [0.1, 0.15) is 29.7 Å². The number of H-pyrrole nitrogens is 1. The Morgan fingerprint density at radius 3 is 2.28 bits per heavy atom. The van der Waals surface area contributed by atoms with Crippen molar-refractivity contribution in [1.82, 2.24) is 19.4 Å². The predicted octanol–water partition coefficient (Wildman–Crippen LogP) is 5.14. The fourth-order valence-electron chi connectivity index (χ4n) is 5.26. The summed E-state index contributed by atoms with van der Waals surface area (Å²) in [6, 6.07) is 8.54. The first-order valence-corrected chi connectivity index (χ1v) is 11.7. The van der Waals surface area contributed by atoms with Crippen molar-refractivity contribution in [3.8, 4) is 11.3 Å². The number of nitrogens with zero attached hydrogens (tertiary/aromatic N) is 3. The normalized spacial score (nSPS) is 20.6. The SMILES string of the molecule is Cl.Cl.O=c1[nH]c(=O)n(CCCN2CC3C[C@]3(c3ccc(C(F)(F)F)cc3)C2)cc1-c1cccc(C(F)(F)F)n1. The van der Waals surface area contributed by atoms with Crippen LogP contribution < -0.4 is 11.2 Å². The Balaban J connectivity index is 0.00000210. The summed E-state index contributed by atoms with van der Waals surface area (Å²) in [6.07, 6.45) is -6.39. The van der Waals surface area contributed by atoms with Crippen molar-refractivity contribution in [3.63, 3.8) is 0 Å². The topological polar surface area (TPSA) is 71.0 Å². The lowest BCUT2D eigenvalue weighted by Gasteiger charge is -2.21. The van der Waals surface area contributed by atoms with Crippen LogP contribution in [0.25, 0.3) is 11.3 Å². The molecule has 1 unspecified atom stereocenters. The van der Waals surface area contributed by atoms with Crippen LogP contribution in [0.2, 0.25) is 0 Å². The fourth-order valence-corrected chi connectivity index (χ4v) is 5.26. The molecule has 1 N–H and O–H groups in total. The molecule has 6 nitrogen and oxygen atoms in total. The maximum absolute atomic E-state index is 13.0. The summed E-state index contributed by atoms with van der Waals surface area (Å²) in [5.74, 6) is 0.360. The van der Waals surface area contributed by atoms with Crippen LogP contribution in [0.3, 0.4) is 0 Å². The molecule has 3 heterocycles. The highest BCUT2D eigenvalue weighted by molar-refractivity contribution is 5.85. The Kier molecular flexibility index (Phi) is 8.64. The van der Waals surface area contributed by atoms with Gasteiger partial charge < -0.3 is 4.90 Å². The zero-order valence-electron chi connectivity index (χ0n) is 20.2. The van der Waals surface area contributed by atoms with Gasteiger partial charge in [-0.05, 0) is 55.1 Å². The number of hydrogen-bond donors (Lipinski definition) is 1. The minimum Gasteiger partial charge on any atom is -0.302 e. The molecule has 0 spiro atoms. The van der Waals surface area contributed by atoms with E-state index in [0.717, 1.165) is 42.8 Å². The van der Waals surface area contributed by atoms with E-state index < -0.39 is 34.9 Å². The average Bonchev–Trinajstić information content (AvgIpc) is 3.40. The van der Waals surface area contributed by atoms with Crippen LogP contribution in [0.15, 0.2) is 58.3 Å². The van der Waals surface area contributed by atoms with Crippen LogP contribution in [0.5, 0.6) is 0 Å². The van der Waals surface area contributed by atoms with Crippen LogP contribution in [0.4, 0.5) is 26.3 Å². The van der Waals surface area contributed by atoms with Crippen molar-refractivity contribution in [1.29, 1.82) is 0 Å². The first-order chi connectivity index (χ1) is 17.4. The summed E-state index contributed by atoms with van der Waals surface area (Å²) in [4.78, 5) is 32.4. The monoisotopic (exact) mass is 596 g/mol. The quantitative estimate of drug-likeness (QED) is 0.400. The average molecular weight is 597 g/mol. The first kappa shape index (κ1) is 30.7. The number of fused-ring (bicyclic) bond motifs is 1. The van der Waals surface area contributed by atoms with Crippen LogP contribution in [-0.2, 0) is 24.3 Å². The summed E-state index contributed by atoms with van der Waals surface area (Å²) in [5.41, 5.74) is -2.92. The largest absolute Gasteiger partial charge is 0.433 e. The standard InChI is InChI=1S/C25H22F6N4O2.2ClH/c26-24(27,28)16-7-5-15(6-8-16)23-11-17(23)12-34(14-23)9-2-10-35-13-18(21(36)33-22(35)37)19-3-1-4-20(32-19)25(29,30)31;;/h1,3-8,13,17H,2,9-12,14H2,(H,33,36,37);2*1H/t17?,23-;;/m1../s1. The molecule has 1 saturated carbocycles. The van der Waals surface area contributed by atoms with Gasteiger partial charge >= 0.3 is 18.0 Å². The fraction of sp³-hybridized carbons (Fsp3) is 0.400. The number of rotatable bonds is 6. The van der Waals surface area contributed by atoms with Crippen molar-refractivity contribution in [3.05, 3.63) is 86.3 Å². The predicted molar refractivity (Wildman–Crippen MR) is 136 cm³/mol. The Bertz CT molecular complexity index is 1440. The molecule has 2 aromatic heterocycles. The maximum Gasteiger partial charge on any atom is 0.433 e. The Labute approximate surface area is 230 Å². The number of likely N-dealkylation sites (tertiary alicyclic amines) is 1. The van der Waals surface area contributed by atoms with E-state index in [2.05, 4.69) is 14.9 Å². The van der Waals surface area contributed by atoms with Gasteiger partial charge in [0.25, 0.3) is 5.56 Å². The molecule has 2 atom stereocenters. The number of aryl methyl sites for hydroxylation is 1. The molecule has 2 aliphatic rings. The van der Waals surface area contributed by atoms with Crippen molar-refractivity contribution < 1.29 is 26.3 Å². The third-order valence-electron chi connectivity index (χ3n) is 7.20. The van der Waals surface area contributed by atoms with Crippen molar-refractivity contribution >= 4 is 24.8 Å². The molecule has 3 aromatic rings. The van der Waals surface area contributed by atoms with Gasteiger partial charge in [-0.2, -0.15) is 26.3 Å². The zero-order chi connectivity index (χ0) is 26.6. The van der Waals surface area contributed by atoms with Gasteiger partial charge in [0.1, 0.15) is 5.69 Å². The highest BCUT2D eigenvalue weighted by Gasteiger charge is 2.60. The molecular weight excluding hydrogens is 573 g/mol. The Hall–Kier alpha value is -2.83. The van der Waals surface area contributed by atoms with Crippen molar-refractivity contribution in [2.75, 3.05) is 19.6 Å². The summed E-state index contributed by atoms with van der Waals surface area (Å²) in [5, 5.41) is 0. The number of halogens is 8. The second-order valence-corrected chi connectivity index (χ2v) is 9.62. The van der Waals surface area contributed by atoms with Crippen LogP contribution in [0, 0.1) is 5.92 Å².